The van der Waals surface area contributed by atoms with Crippen LogP contribution in [0.15, 0.2) is 12.1 Å². The normalized spacial score (nSPS) is 9.62. The van der Waals surface area contributed by atoms with Crippen LogP contribution in [0.5, 0.6) is 0 Å². The smallest absolute Gasteiger partial charge is 0.339 e. The van der Waals surface area contributed by atoms with Crippen LogP contribution in [0.4, 0.5) is 0 Å². The van der Waals surface area contributed by atoms with Crippen molar-refractivity contribution in [3.8, 4) is 6.07 Å². The van der Waals surface area contributed by atoms with Crippen LogP contribution in [-0.4, -0.2) is 12.6 Å². The first-order valence-corrected chi connectivity index (χ1v) is 5.42. The van der Waals surface area contributed by atoms with Crippen LogP contribution in [0.25, 0.3) is 0 Å². The van der Waals surface area contributed by atoms with Gasteiger partial charge in [-0.1, -0.05) is 30.1 Å². The molecule has 0 heterocycles. The Kier molecular flexibility index (Phi) is 4.60. The number of nitrogens with zero attached hydrogens (tertiary/aromatic N) is 1. The highest BCUT2D eigenvalue weighted by atomic mass is 35.5. The number of benzene rings is 1. The third-order valence-electron chi connectivity index (χ3n) is 1.84. The minimum atomic E-state index is -0.558. The molecule has 0 bridgehead atoms. The Morgan fingerprint density at radius 1 is 1.44 bits per heavy atom. The van der Waals surface area contributed by atoms with Gasteiger partial charge in [0, 0.05) is 0 Å². The average Bonchev–Trinajstić information content (AvgIpc) is 2.28. The van der Waals surface area contributed by atoms with Crippen LogP contribution in [0.1, 0.15) is 29.3 Å². The van der Waals surface area contributed by atoms with Gasteiger partial charge >= 0.3 is 5.97 Å². The molecule has 0 aliphatic rings. The number of nitriles is 1. The SMILES string of the molecule is CCCOC(=O)c1cc(Cl)c(Cl)cc1C#N. The third kappa shape index (κ3) is 2.88. The van der Waals surface area contributed by atoms with Gasteiger partial charge in [0.1, 0.15) is 6.07 Å². The average molecular weight is 258 g/mol. The quantitative estimate of drug-likeness (QED) is 0.780. The number of esters is 1. The lowest BCUT2D eigenvalue weighted by Gasteiger charge is -2.06. The van der Waals surface area contributed by atoms with Crippen molar-refractivity contribution in [2.24, 2.45) is 0 Å². The summed E-state index contributed by atoms with van der Waals surface area (Å²) in [5, 5.41) is 9.32. The van der Waals surface area contributed by atoms with Gasteiger partial charge in [0.2, 0.25) is 0 Å². The fourth-order valence-corrected chi connectivity index (χ4v) is 1.41. The van der Waals surface area contributed by atoms with E-state index < -0.39 is 5.97 Å². The van der Waals surface area contributed by atoms with E-state index in [1.54, 1.807) is 0 Å². The molecule has 5 heteroatoms. The highest BCUT2D eigenvalue weighted by Crippen LogP contribution is 2.26. The van der Waals surface area contributed by atoms with Crippen molar-refractivity contribution in [1.82, 2.24) is 0 Å². The zero-order valence-electron chi connectivity index (χ0n) is 8.59. The van der Waals surface area contributed by atoms with Crippen molar-refractivity contribution in [3.05, 3.63) is 33.3 Å². The molecule has 0 aromatic heterocycles. The topological polar surface area (TPSA) is 50.1 Å². The first-order chi connectivity index (χ1) is 7.60. The standard InChI is InChI=1S/C11H9Cl2NO2/c1-2-3-16-11(15)8-5-10(13)9(12)4-7(8)6-14/h4-5H,2-3H2,1H3. The Hall–Kier alpha value is -1.24. The molecule has 3 nitrogen and oxygen atoms in total. The summed E-state index contributed by atoms with van der Waals surface area (Å²) < 4.78 is 4.92. The van der Waals surface area contributed by atoms with E-state index in [1.165, 1.54) is 12.1 Å². The van der Waals surface area contributed by atoms with Gasteiger partial charge in [0.15, 0.2) is 0 Å². The molecule has 1 aromatic rings. The van der Waals surface area contributed by atoms with E-state index in [-0.39, 0.29) is 21.2 Å². The summed E-state index contributed by atoms with van der Waals surface area (Å²) in [7, 11) is 0. The van der Waals surface area contributed by atoms with E-state index in [2.05, 4.69) is 0 Å². The third-order valence-corrected chi connectivity index (χ3v) is 2.56. The van der Waals surface area contributed by atoms with Gasteiger partial charge in [-0.05, 0) is 18.6 Å². The van der Waals surface area contributed by atoms with E-state index in [0.29, 0.717) is 6.61 Å². The first-order valence-electron chi connectivity index (χ1n) is 4.66. The summed E-state index contributed by atoms with van der Waals surface area (Å²) in [5.41, 5.74) is 0.306. The molecule has 0 fully saturated rings. The molecule has 0 spiro atoms. The fourth-order valence-electron chi connectivity index (χ4n) is 1.08. The second-order valence-electron chi connectivity index (χ2n) is 3.06. The summed E-state index contributed by atoms with van der Waals surface area (Å²) >= 11 is 11.5. The number of hydrogen-bond donors (Lipinski definition) is 0. The van der Waals surface area contributed by atoms with Gasteiger partial charge < -0.3 is 4.74 Å². The Morgan fingerprint density at radius 2 is 2.06 bits per heavy atom. The molecule has 0 N–H and O–H groups in total. The minimum Gasteiger partial charge on any atom is -0.462 e. The van der Waals surface area contributed by atoms with Crippen molar-refractivity contribution in [2.75, 3.05) is 6.61 Å². The van der Waals surface area contributed by atoms with Crippen molar-refractivity contribution in [2.45, 2.75) is 13.3 Å². The number of hydrogen-bond acceptors (Lipinski definition) is 3. The van der Waals surface area contributed by atoms with Gasteiger partial charge in [-0.25, -0.2) is 4.79 Å². The molecular weight excluding hydrogens is 249 g/mol. The van der Waals surface area contributed by atoms with Crippen LogP contribution in [0, 0.1) is 11.3 Å². The molecule has 0 saturated carbocycles. The van der Waals surface area contributed by atoms with Crippen molar-refractivity contribution < 1.29 is 9.53 Å². The van der Waals surface area contributed by atoms with Gasteiger partial charge in [0.25, 0.3) is 0 Å². The molecule has 0 atom stereocenters. The molecule has 1 aromatic carbocycles. The largest absolute Gasteiger partial charge is 0.462 e. The summed E-state index contributed by atoms with van der Waals surface area (Å²) in [6.45, 7) is 2.19. The van der Waals surface area contributed by atoms with Crippen LogP contribution < -0.4 is 0 Å². The number of ether oxygens (including phenoxy) is 1. The van der Waals surface area contributed by atoms with Crippen LogP contribution in [0.2, 0.25) is 10.0 Å². The van der Waals surface area contributed by atoms with Gasteiger partial charge in [0.05, 0.1) is 27.8 Å². The van der Waals surface area contributed by atoms with E-state index in [1.807, 2.05) is 13.0 Å². The Balaban J connectivity index is 3.08. The van der Waals surface area contributed by atoms with Gasteiger partial charge in [-0.3, -0.25) is 0 Å². The molecule has 1 rings (SSSR count). The minimum absolute atomic E-state index is 0.144. The number of carbonyl (C=O) groups is 1. The zero-order chi connectivity index (χ0) is 12.1. The second kappa shape index (κ2) is 5.74. The van der Waals surface area contributed by atoms with Gasteiger partial charge in [-0.15, -0.1) is 0 Å². The molecule has 0 saturated heterocycles. The summed E-state index contributed by atoms with van der Waals surface area (Å²) in [5.74, 6) is -0.558. The van der Waals surface area contributed by atoms with Gasteiger partial charge in [-0.2, -0.15) is 5.26 Å². The Morgan fingerprint density at radius 3 is 2.62 bits per heavy atom. The highest BCUT2D eigenvalue weighted by Gasteiger charge is 2.15. The van der Waals surface area contributed by atoms with E-state index in [9.17, 15) is 4.79 Å². The van der Waals surface area contributed by atoms with E-state index in [0.717, 1.165) is 6.42 Å². The lowest BCUT2D eigenvalue weighted by atomic mass is 10.1. The van der Waals surface area contributed by atoms with E-state index >= 15 is 0 Å². The van der Waals surface area contributed by atoms with Crippen molar-refractivity contribution in [1.29, 1.82) is 5.26 Å². The molecular formula is C11H9Cl2NO2. The molecule has 0 amide bonds. The predicted molar refractivity (Wildman–Crippen MR) is 61.8 cm³/mol. The number of carbonyl (C=O) groups excluding carboxylic acids is 1. The van der Waals surface area contributed by atoms with E-state index in [4.69, 9.17) is 33.2 Å². The molecule has 0 unspecified atom stereocenters. The fraction of sp³-hybridized carbons (Fsp3) is 0.273. The highest BCUT2D eigenvalue weighted by molar-refractivity contribution is 6.42. The lowest BCUT2D eigenvalue weighted by molar-refractivity contribution is 0.0505. The maximum Gasteiger partial charge on any atom is 0.339 e. The summed E-state index contributed by atoms with van der Waals surface area (Å²) in [6, 6.07) is 4.58. The lowest BCUT2D eigenvalue weighted by Crippen LogP contribution is -2.08. The summed E-state index contributed by atoms with van der Waals surface area (Å²) in [4.78, 5) is 11.6. The number of halogens is 2. The predicted octanol–water partition coefficient (Wildman–Crippen LogP) is 3.43. The number of rotatable bonds is 3. The second-order valence-corrected chi connectivity index (χ2v) is 3.87. The molecule has 0 aliphatic heterocycles. The van der Waals surface area contributed by atoms with Crippen LogP contribution in [0.3, 0.4) is 0 Å². The first kappa shape index (κ1) is 12.8. The maximum absolute atomic E-state index is 11.6. The molecule has 0 aliphatic carbocycles. The molecule has 0 radical (unpaired) electrons. The Bertz CT molecular complexity index is 452. The van der Waals surface area contributed by atoms with Crippen LogP contribution >= 0.6 is 23.2 Å². The zero-order valence-corrected chi connectivity index (χ0v) is 10.1. The van der Waals surface area contributed by atoms with Crippen LogP contribution in [-0.2, 0) is 4.74 Å². The monoisotopic (exact) mass is 257 g/mol. The summed E-state index contributed by atoms with van der Waals surface area (Å²) in [6.07, 6.45) is 0.717. The Labute approximate surface area is 104 Å². The molecule has 16 heavy (non-hydrogen) atoms. The van der Waals surface area contributed by atoms with Crippen molar-refractivity contribution in [3.63, 3.8) is 0 Å². The molecule has 84 valence electrons. The maximum atomic E-state index is 11.6. The van der Waals surface area contributed by atoms with Crippen molar-refractivity contribution >= 4 is 29.2 Å².